The third-order valence-electron chi connectivity index (χ3n) is 4.32. The van der Waals surface area contributed by atoms with Crippen LogP contribution in [0.3, 0.4) is 0 Å². The van der Waals surface area contributed by atoms with Crippen LogP contribution in [0.1, 0.15) is 55.3 Å². The lowest BCUT2D eigenvalue weighted by atomic mass is 10.1. The van der Waals surface area contributed by atoms with Crippen LogP contribution >= 0.6 is 0 Å². The minimum absolute atomic E-state index is 0.215. The third kappa shape index (κ3) is 3.75. The molecule has 2 heterocycles. The van der Waals surface area contributed by atoms with Crippen LogP contribution in [0.15, 0.2) is 42.7 Å². The van der Waals surface area contributed by atoms with Gasteiger partial charge in [-0.25, -0.2) is 0 Å². The Morgan fingerprint density at radius 1 is 0.964 bits per heavy atom. The van der Waals surface area contributed by atoms with Crippen molar-refractivity contribution < 1.29 is 19.2 Å². The first kappa shape index (κ1) is 19.2. The lowest BCUT2D eigenvalue weighted by molar-refractivity contribution is 0.0608. The fraction of sp³-hybridized carbons (Fsp3) is 0.250. The lowest BCUT2D eigenvalue weighted by Crippen LogP contribution is -2.36. The molecule has 4 amide bonds. The minimum Gasteiger partial charge on any atom is -0.350 e. The summed E-state index contributed by atoms with van der Waals surface area (Å²) in [5.41, 5.74) is 1.25. The Morgan fingerprint density at radius 3 is 2.21 bits per heavy atom. The first-order valence-corrected chi connectivity index (χ1v) is 8.88. The van der Waals surface area contributed by atoms with Crippen molar-refractivity contribution in [3.8, 4) is 0 Å². The molecule has 0 saturated carbocycles. The van der Waals surface area contributed by atoms with E-state index < -0.39 is 5.91 Å². The molecule has 28 heavy (non-hydrogen) atoms. The highest BCUT2D eigenvalue weighted by atomic mass is 16.2. The Balaban J connectivity index is 1.57. The van der Waals surface area contributed by atoms with Crippen molar-refractivity contribution in [2.24, 2.45) is 0 Å². The van der Waals surface area contributed by atoms with Gasteiger partial charge in [-0.05, 0) is 44.2 Å². The summed E-state index contributed by atoms with van der Waals surface area (Å²) in [6.07, 6.45) is 3.03. The van der Waals surface area contributed by atoms with Crippen molar-refractivity contribution in [2.75, 3.05) is 13.1 Å². The summed E-state index contributed by atoms with van der Waals surface area (Å²) in [6, 6.07) is 7.49. The second kappa shape index (κ2) is 7.99. The summed E-state index contributed by atoms with van der Waals surface area (Å²) in [5.74, 6) is -1.41. The number of carbonyl (C=O) groups excluding carboxylic acids is 4. The van der Waals surface area contributed by atoms with Crippen molar-refractivity contribution in [3.05, 3.63) is 65.0 Å². The summed E-state index contributed by atoms with van der Waals surface area (Å²) in [4.78, 5) is 54.0. The number of imide groups is 1. The maximum atomic E-state index is 12.4. The van der Waals surface area contributed by atoms with E-state index in [9.17, 15) is 19.2 Å². The van der Waals surface area contributed by atoms with E-state index in [0.29, 0.717) is 11.1 Å². The molecular formula is C20H20N4O4. The molecule has 0 unspecified atom stereocenters. The number of fused-ring (bicyclic) bond motifs is 1. The average molecular weight is 380 g/mol. The maximum absolute atomic E-state index is 12.4. The van der Waals surface area contributed by atoms with Gasteiger partial charge in [-0.2, -0.15) is 0 Å². The van der Waals surface area contributed by atoms with Crippen LogP contribution in [0.5, 0.6) is 0 Å². The average Bonchev–Trinajstić information content (AvgIpc) is 2.95. The molecule has 8 heteroatoms. The van der Waals surface area contributed by atoms with Gasteiger partial charge in [-0.1, -0.05) is 0 Å². The molecule has 1 aliphatic heterocycles. The molecule has 144 valence electrons. The normalized spacial score (nSPS) is 12.9. The van der Waals surface area contributed by atoms with Gasteiger partial charge in [0.1, 0.15) is 0 Å². The molecule has 2 N–H and O–H groups in total. The van der Waals surface area contributed by atoms with Gasteiger partial charge < -0.3 is 10.6 Å². The molecule has 1 aromatic heterocycles. The zero-order chi connectivity index (χ0) is 20.3. The molecule has 0 spiro atoms. The first-order chi connectivity index (χ1) is 13.4. The van der Waals surface area contributed by atoms with Gasteiger partial charge in [0.05, 0.1) is 16.7 Å². The van der Waals surface area contributed by atoms with Crippen LogP contribution in [-0.4, -0.2) is 52.6 Å². The smallest absolute Gasteiger partial charge is 0.261 e. The number of pyridine rings is 1. The Labute approximate surface area is 161 Å². The Morgan fingerprint density at radius 2 is 1.61 bits per heavy atom. The number of hydrogen-bond donors (Lipinski definition) is 2. The zero-order valence-electron chi connectivity index (χ0n) is 15.6. The highest BCUT2D eigenvalue weighted by molar-refractivity contribution is 6.22. The molecule has 8 nitrogen and oxygen atoms in total. The molecule has 0 fully saturated rings. The first-order valence-electron chi connectivity index (χ1n) is 8.88. The summed E-state index contributed by atoms with van der Waals surface area (Å²) < 4.78 is 0. The number of hydrogen-bond acceptors (Lipinski definition) is 5. The standard InChI is InChI=1S/C20H20N4O4/c1-12(2)24-19(27)15-6-5-13(10-16(15)20(24)28)17(25)22-8-9-23-18(26)14-4-3-7-21-11-14/h3-7,10-12H,8-9H2,1-2H3,(H,22,25)(H,23,26). The Bertz CT molecular complexity index is 940. The lowest BCUT2D eigenvalue weighted by Gasteiger charge is -2.17. The van der Waals surface area contributed by atoms with Gasteiger partial charge in [0, 0.05) is 37.1 Å². The monoisotopic (exact) mass is 380 g/mol. The van der Waals surface area contributed by atoms with E-state index in [-0.39, 0.29) is 48.0 Å². The number of amides is 4. The van der Waals surface area contributed by atoms with Crippen molar-refractivity contribution in [2.45, 2.75) is 19.9 Å². The van der Waals surface area contributed by atoms with Gasteiger partial charge in [-0.15, -0.1) is 0 Å². The predicted octanol–water partition coefficient (Wildman–Crippen LogP) is 1.25. The summed E-state index contributed by atoms with van der Waals surface area (Å²) in [6.45, 7) is 3.97. The molecule has 0 aliphatic carbocycles. The van der Waals surface area contributed by atoms with Crippen LogP contribution in [0.25, 0.3) is 0 Å². The molecule has 0 bridgehead atoms. The molecule has 3 rings (SSSR count). The second-order valence-electron chi connectivity index (χ2n) is 6.59. The largest absolute Gasteiger partial charge is 0.350 e. The number of rotatable bonds is 6. The van der Waals surface area contributed by atoms with E-state index in [2.05, 4.69) is 15.6 Å². The van der Waals surface area contributed by atoms with E-state index in [1.54, 1.807) is 32.2 Å². The molecule has 1 aliphatic rings. The predicted molar refractivity (Wildman–Crippen MR) is 101 cm³/mol. The van der Waals surface area contributed by atoms with E-state index >= 15 is 0 Å². The second-order valence-corrected chi connectivity index (χ2v) is 6.59. The topological polar surface area (TPSA) is 108 Å². The van der Waals surface area contributed by atoms with E-state index in [4.69, 9.17) is 0 Å². The van der Waals surface area contributed by atoms with Gasteiger partial charge >= 0.3 is 0 Å². The number of aromatic nitrogens is 1. The van der Waals surface area contributed by atoms with Crippen molar-refractivity contribution in [1.82, 2.24) is 20.5 Å². The van der Waals surface area contributed by atoms with Crippen LogP contribution < -0.4 is 10.6 Å². The van der Waals surface area contributed by atoms with Crippen molar-refractivity contribution in [3.63, 3.8) is 0 Å². The summed E-state index contributed by atoms with van der Waals surface area (Å²) in [5, 5.41) is 5.36. The Hall–Kier alpha value is -3.55. The highest BCUT2D eigenvalue weighted by Crippen LogP contribution is 2.25. The van der Waals surface area contributed by atoms with E-state index in [1.807, 2.05) is 0 Å². The fourth-order valence-corrected chi connectivity index (χ4v) is 2.92. The fourth-order valence-electron chi connectivity index (χ4n) is 2.92. The zero-order valence-corrected chi connectivity index (χ0v) is 15.6. The quantitative estimate of drug-likeness (QED) is 0.579. The number of nitrogens with zero attached hydrogens (tertiary/aromatic N) is 2. The SMILES string of the molecule is CC(C)N1C(=O)c2ccc(C(=O)NCCNC(=O)c3cccnc3)cc2C1=O. The van der Waals surface area contributed by atoms with E-state index in [1.165, 1.54) is 29.3 Å². The third-order valence-corrected chi connectivity index (χ3v) is 4.32. The van der Waals surface area contributed by atoms with Gasteiger partial charge in [-0.3, -0.25) is 29.1 Å². The summed E-state index contributed by atoms with van der Waals surface area (Å²) in [7, 11) is 0. The van der Waals surface area contributed by atoms with Crippen LogP contribution in [0, 0.1) is 0 Å². The molecule has 0 radical (unpaired) electrons. The molecule has 0 atom stereocenters. The molecule has 1 aromatic carbocycles. The maximum Gasteiger partial charge on any atom is 0.261 e. The molecule has 0 saturated heterocycles. The molecular weight excluding hydrogens is 360 g/mol. The highest BCUT2D eigenvalue weighted by Gasteiger charge is 2.37. The van der Waals surface area contributed by atoms with Crippen molar-refractivity contribution in [1.29, 1.82) is 0 Å². The van der Waals surface area contributed by atoms with Crippen molar-refractivity contribution >= 4 is 23.6 Å². The van der Waals surface area contributed by atoms with Gasteiger partial charge in [0.2, 0.25) is 0 Å². The number of nitrogens with one attached hydrogen (secondary N) is 2. The number of carbonyl (C=O) groups is 4. The summed E-state index contributed by atoms with van der Waals surface area (Å²) >= 11 is 0. The Kier molecular flexibility index (Phi) is 5.49. The van der Waals surface area contributed by atoms with Gasteiger partial charge in [0.25, 0.3) is 23.6 Å². The van der Waals surface area contributed by atoms with Crippen LogP contribution in [0.2, 0.25) is 0 Å². The van der Waals surface area contributed by atoms with Gasteiger partial charge in [0.15, 0.2) is 0 Å². The minimum atomic E-state index is -0.395. The molecule has 2 aromatic rings. The van der Waals surface area contributed by atoms with Crippen LogP contribution in [-0.2, 0) is 0 Å². The number of benzene rings is 1. The van der Waals surface area contributed by atoms with Crippen LogP contribution in [0.4, 0.5) is 0 Å². The van der Waals surface area contributed by atoms with E-state index in [0.717, 1.165) is 0 Å².